The van der Waals surface area contributed by atoms with Crippen LogP contribution >= 0.6 is 92.8 Å². The fourth-order valence-corrected chi connectivity index (χ4v) is 14.5. The Morgan fingerprint density at radius 3 is 0.364 bits per heavy atom. The predicted octanol–water partition coefficient (Wildman–Crippen LogP) is 26.3. The maximum atomic E-state index is 6.36. The van der Waals surface area contributed by atoms with E-state index < -0.39 is 0 Å². The quantitative estimate of drug-likeness (QED) is 0.137. The summed E-state index contributed by atoms with van der Waals surface area (Å²) >= 11 is 50.9. The largest absolute Gasteiger partial charge is 3.00 e. The molecule has 0 N–H and O–H groups in total. The second kappa shape index (κ2) is 31.6. The van der Waals surface area contributed by atoms with Crippen LogP contribution in [0, 0.1) is 0 Å². The standard InChI is InChI=1S/2C44H24Cl4N4.2Mn.O/c2*45-29-9-1-25(2-10-29)41-33-17-19-35(49-33)42(26-3-11-30(46)12-4-26)37-21-23-39(51-37)44(28-7-15-32(48)16-8-28)40-24-22-38(52-40)43(36-20-18-34(41)50-36)27-5-13-31(47)14-6-27;;;/h2*1-24H;;;/q2*-2;2*+3;-2. The first-order chi connectivity index (χ1) is 50.7. The van der Waals surface area contributed by atoms with Gasteiger partial charge in [0, 0.05) is 40.2 Å². The van der Waals surface area contributed by atoms with Crippen molar-refractivity contribution in [3.8, 4) is 89.0 Å². The van der Waals surface area contributed by atoms with Gasteiger partial charge in [-0.15, -0.1) is 44.1 Å². The van der Waals surface area contributed by atoms with E-state index in [1.54, 1.807) is 0 Å². The molecule has 8 aromatic carbocycles. The van der Waals surface area contributed by atoms with E-state index in [2.05, 4.69) is 0 Å². The minimum atomic E-state index is 0. The second-order valence-electron chi connectivity index (χ2n) is 24.8. The third-order valence-corrected chi connectivity index (χ3v) is 20.3. The van der Waals surface area contributed by atoms with Crippen LogP contribution in [0.15, 0.2) is 243 Å². The van der Waals surface area contributed by atoms with Crippen LogP contribution < -0.4 is 19.9 Å². The van der Waals surface area contributed by atoms with Crippen molar-refractivity contribution < 1.29 is 39.6 Å². The van der Waals surface area contributed by atoms with E-state index in [0.29, 0.717) is 40.2 Å². The molecule has 0 unspecified atom stereocenters. The predicted molar refractivity (Wildman–Crippen MR) is 438 cm³/mol. The van der Waals surface area contributed by atoms with Crippen LogP contribution in [0.4, 0.5) is 0 Å². The summed E-state index contributed by atoms with van der Waals surface area (Å²) in [4.78, 5) is 42.2. The Morgan fingerprint density at radius 2 is 0.262 bits per heavy atom. The Kier molecular flexibility index (Phi) is 21.9. The molecular weight excluding hydrogens is 1580 g/mol. The van der Waals surface area contributed by atoms with Gasteiger partial charge in [-0.25, -0.2) is 19.9 Å². The first kappa shape index (κ1) is 74.1. The van der Waals surface area contributed by atoms with Gasteiger partial charge in [-0.2, -0.15) is 0 Å². The van der Waals surface area contributed by atoms with E-state index in [0.717, 1.165) is 179 Å². The van der Waals surface area contributed by atoms with Gasteiger partial charge in [0.1, 0.15) is 0 Å². The number of fused-ring (bicyclic) bond motifs is 16. The SMILES string of the molecule is Clc1ccc(-c2c3nc(c(-c4ccc(Cl)cc4)c4ccc([n-]4)c(-c4ccc(Cl)cc4)c4nc(c(-c5ccc(Cl)cc5)c5ccc2[n-]5)C=C4)C=C3)cc1.Clc1ccc(-c2c3nc(c(-c4ccc(Cl)cc4)c4ccc([n-]4)c(-c4ccc(Cl)cc4)c4nc(c(-c5ccc(Cl)cc5)c5ccc2[n-]5)C=C4)C=C3)cc1.[Mn+3].[Mn+3].[O-2]. The summed E-state index contributed by atoms with van der Waals surface area (Å²) in [6, 6.07) is 78.3. The number of halogens is 8. The summed E-state index contributed by atoms with van der Waals surface area (Å²) in [5.41, 5.74) is 26.7. The van der Waals surface area contributed by atoms with E-state index in [1.807, 2.05) is 291 Å². The van der Waals surface area contributed by atoms with Crippen LogP contribution in [0.2, 0.25) is 40.2 Å². The molecule has 9 nitrogen and oxygen atoms in total. The van der Waals surface area contributed by atoms with Crippen molar-refractivity contribution in [2.75, 3.05) is 0 Å². The molecule has 0 saturated carbocycles. The van der Waals surface area contributed by atoms with Crippen molar-refractivity contribution in [2.24, 2.45) is 0 Å². The molecule has 10 heterocycles. The maximum Gasteiger partial charge on any atom is 3.00 e. The number of hydrogen-bond acceptors (Lipinski definition) is 4. The first-order valence-electron chi connectivity index (χ1n) is 32.9. The summed E-state index contributed by atoms with van der Waals surface area (Å²) in [6.07, 6.45) is 16.3. The molecular formula is C88H48Cl8Mn2N8O. The number of hydrogen-bond donors (Lipinski definition) is 0. The van der Waals surface area contributed by atoms with Gasteiger partial charge in [0.15, 0.2) is 0 Å². The molecule has 0 spiro atoms. The maximum absolute atomic E-state index is 6.36. The first-order valence-corrected chi connectivity index (χ1v) is 36.0. The zero-order valence-corrected chi connectivity index (χ0v) is 63.9. The monoisotopic (exact) mass is 1620 g/mol. The smallest absolute Gasteiger partial charge is 2.00 e. The molecule has 0 radical (unpaired) electrons. The molecule has 6 aromatic heterocycles. The minimum absolute atomic E-state index is 0. The van der Waals surface area contributed by atoms with Gasteiger partial charge in [0.05, 0.1) is 45.6 Å². The van der Waals surface area contributed by atoms with E-state index in [-0.39, 0.29) is 39.6 Å². The van der Waals surface area contributed by atoms with E-state index in [9.17, 15) is 0 Å². The summed E-state index contributed by atoms with van der Waals surface area (Å²) in [6.45, 7) is 0. The number of nitrogens with zero attached hydrogens (tertiary/aromatic N) is 8. The van der Waals surface area contributed by atoms with Crippen molar-refractivity contribution >= 4 is 186 Å². The van der Waals surface area contributed by atoms with E-state index >= 15 is 0 Å². The fraction of sp³-hybridized carbons (Fsp3) is 0. The number of aromatic nitrogens is 8. The molecule has 19 heteroatoms. The van der Waals surface area contributed by atoms with Crippen LogP contribution in [0.5, 0.6) is 0 Å². The van der Waals surface area contributed by atoms with Gasteiger partial charge in [-0.1, -0.05) is 238 Å². The molecule has 0 amide bonds. The van der Waals surface area contributed by atoms with Crippen LogP contribution in [-0.2, 0) is 39.6 Å². The Hall–Kier alpha value is -9.72. The molecule has 18 rings (SSSR count). The zero-order chi connectivity index (χ0) is 70.7. The van der Waals surface area contributed by atoms with Gasteiger partial charge < -0.3 is 25.4 Å². The van der Waals surface area contributed by atoms with Crippen LogP contribution in [0.25, 0.3) is 182 Å². The van der Waals surface area contributed by atoms with Crippen molar-refractivity contribution in [2.45, 2.75) is 0 Å². The van der Waals surface area contributed by atoms with E-state index in [1.165, 1.54) is 0 Å². The van der Waals surface area contributed by atoms with Gasteiger partial charge in [-0.05, 0) is 235 Å². The Bertz CT molecular complexity index is 5140. The molecule has 4 aliphatic heterocycles. The molecule has 0 atom stereocenters. The van der Waals surface area contributed by atoms with Crippen molar-refractivity contribution in [1.82, 2.24) is 39.9 Å². The molecule has 4 aliphatic rings. The summed E-state index contributed by atoms with van der Waals surface area (Å²) in [5.74, 6) is 0. The van der Waals surface area contributed by atoms with Crippen molar-refractivity contribution in [1.29, 1.82) is 0 Å². The minimum Gasteiger partial charge on any atom is -2.00 e. The molecule has 0 fully saturated rings. The molecule has 516 valence electrons. The average molecular weight is 1630 g/mol. The van der Waals surface area contributed by atoms with Gasteiger partial charge in [0.2, 0.25) is 0 Å². The molecule has 107 heavy (non-hydrogen) atoms. The summed E-state index contributed by atoms with van der Waals surface area (Å²) in [5, 5.41) is 5.17. The summed E-state index contributed by atoms with van der Waals surface area (Å²) < 4.78 is 0. The molecule has 0 aliphatic carbocycles. The third-order valence-electron chi connectivity index (χ3n) is 18.3. The Morgan fingerprint density at radius 1 is 0.159 bits per heavy atom. The fourth-order valence-electron chi connectivity index (χ4n) is 13.5. The van der Waals surface area contributed by atoms with Gasteiger partial charge >= 0.3 is 34.1 Å². The van der Waals surface area contributed by atoms with Crippen molar-refractivity contribution in [3.63, 3.8) is 0 Å². The van der Waals surface area contributed by atoms with Crippen molar-refractivity contribution in [3.05, 3.63) is 328 Å². The second-order valence-corrected chi connectivity index (χ2v) is 28.3. The molecule has 16 bridgehead atoms. The number of benzene rings is 8. The molecule has 14 aromatic rings. The zero-order valence-electron chi connectivity index (χ0n) is 55.5. The Labute approximate surface area is 676 Å². The van der Waals surface area contributed by atoms with E-state index in [4.69, 9.17) is 133 Å². The number of rotatable bonds is 8. The van der Waals surface area contributed by atoms with Gasteiger partial charge in [0.25, 0.3) is 0 Å². The van der Waals surface area contributed by atoms with Crippen LogP contribution in [0.1, 0.15) is 45.6 Å². The Balaban J connectivity index is 0.000000175. The third kappa shape index (κ3) is 15.1. The summed E-state index contributed by atoms with van der Waals surface area (Å²) in [7, 11) is 0. The van der Waals surface area contributed by atoms with Crippen LogP contribution in [-0.4, -0.2) is 19.9 Å². The normalized spacial score (nSPS) is 11.7. The topological polar surface area (TPSA) is 136 Å². The average Bonchev–Trinajstić information content (AvgIpc) is 1.63. The van der Waals surface area contributed by atoms with Gasteiger partial charge in [-0.3, -0.25) is 0 Å². The molecule has 0 saturated heterocycles. The van der Waals surface area contributed by atoms with Crippen LogP contribution in [0.3, 0.4) is 0 Å².